The number of fused-ring (bicyclic) bond motifs is 1. The number of hydrogen-bond acceptors (Lipinski definition) is 7. The number of anilines is 3. The number of aryl methyl sites for hydroxylation is 2. The molecule has 164 valence electrons. The van der Waals surface area contributed by atoms with Gasteiger partial charge in [0, 0.05) is 30.1 Å². The fourth-order valence-corrected chi connectivity index (χ4v) is 4.30. The molecule has 1 aliphatic rings. The number of rotatable bonds is 6. The van der Waals surface area contributed by atoms with Crippen LogP contribution in [0.2, 0.25) is 0 Å². The number of aromatic nitrogens is 4. The van der Waals surface area contributed by atoms with E-state index < -0.39 is 0 Å². The standard InChI is InChI=1S/C24H27N7O/c25-23-22-17(8-4-7-16-5-2-1-3-6-16)13-18(14-20(22)29-30-23)19-15-21(28-24(26)27-19)31-9-11-32-12-10-31/h1-3,5-6,13-15H,4,7-12H2,(H3,25,29,30)(H2,26,27,28). The van der Waals surface area contributed by atoms with Crippen LogP contribution >= 0.6 is 0 Å². The molecule has 0 atom stereocenters. The molecule has 1 saturated heterocycles. The molecule has 8 nitrogen and oxygen atoms in total. The molecule has 0 radical (unpaired) electrons. The molecule has 2 aromatic carbocycles. The Morgan fingerprint density at radius 1 is 0.969 bits per heavy atom. The van der Waals surface area contributed by atoms with Crippen LogP contribution in [-0.2, 0) is 17.6 Å². The van der Waals surface area contributed by atoms with Crippen molar-refractivity contribution >= 4 is 28.5 Å². The van der Waals surface area contributed by atoms with Crippen molar-refractivity contribution in [3.05, 3.63) is 59.7 Å². The molecule has 3 heterocycles. The predicted molar refractivity (Wildman–Crippen MR) is 127 cm³/mol. The summed E-state index contributed by atoms with van der Waals surface area (Å²) >= 11 is 0. The Balaban J connectivity index is 1.47. The molecule has 8 heteroatoms. The number of H-pyrrole nitrogens is 1. The van der Waals surface area contributed by atoms with Gasteiger partial charge in [-0.25, -0.2) is 4.98 Å². The maximum atomic E-state index is 6.19. The summed E-state index contributed by atoms with van der Waals surface area (Å²) in [5.74, 6) is 1.61. The zero-order valence-corrected chi connectivity index (χ0v) is 17.9. The van der Waals surface area contributed by atoms with E-state index in [0.29, 0.717) is 19.0 Å². The fourth-order valence-electron chi connectivity index (χ4n) is 4.30. The predicted octanol–water partition coefficient (Wildman–Crippen LogP) is 3.20. The summed E-state index contributed by atoms with van der Waals surface area (Å²) in [5, 5.41) is 8.29. The molecule has 1 fully saturated rings. The van der Waals surface area contributed by atoms with Crippen molar-refractivity contribution in [1.82, 2.24) is 20.2 Å². The highest BCUT2D eigenvalue weighted by Crippen LogP contribution is 2.31. The van der Waals surface area contributed by atoms with E-state index in [9.17, 15) is 0 Å². The molecule has 4 aromatic rings. The fraction of sp³-hybridized carbons (Fsp3) is 0.292. The molecular formula is C24H27N7O. The number of hydrogen-bond donors (Lipinski definition) is 3. The Morgan fingerprint density at radius 2 is 1.78 bits per heavy atom. The lowest BCUT2D eigenvalue weighted by molar-refractivity contribution is 0.122. The Labute approximate surface area is 186 Å². The highest BCUT2D eigenvalue weighted by molar-refractivity contribution is 5.94. The lowest BCUT2D eigenvalue weighted by atomic mass is 9.97. The van der Waals surface area contributed by atoms with E-state index in [-0.39, 0.29) is 5.95 Å². The van der Waals surface area contributed by atoms with E-state index in [2.05, 4.69) is 55.4 Å². The molecular weight excluding hydrogens is 402 g/mol. The minimum atomic E-state index is 0.263. The van der Waals surface area contributed by atoms with Gasteiger partial charge in [-0.3, -0.25) is 5.10 Å². The van der Waals surface area contributed by atoms with Crippen molar-refractivity contribution in [3.63, 3.8) is 0 Å². The third kappa shape index (κ3) is 4.22. The molecule has 0 bridgehead atoms. The third-order valence-corrected chi connectivity index (χ3v) is 5.89. The normalized spacial score (nSPS) is 14.2. The number of aromatic amines is 1. The first kappa shape index (κ1) is 20.3. The first-order valence-corrected chi connectivity index (χ1v) is 11.0. The van der Waals surface area contributed by atoms with Crippen LogP contribution < -0.4 is 16.4 Å². The number of nitrogen functional groups attached to an aromatic ring is 2. The van der Waals surface area contributed by atoms with E-state index in [0.717, 1.165) is 65.9 Å². The average Bonchev–Trinajstić information content (AvgIpc) is 3.21. The first-order chi connectivity index (χ1) is 15.7. The van der Waals surface area contributed by atoms with Gasteiger partial charge in [0.1, 0.15) is 5.82 Å². The van der Waals surface area contributed by atoms with Crippen LogP contribution in [0.3, 0.4) is 0 Å². The van der Waals surface area contributed by atoms with Crippen LogP contribution in [0.1, 0.15) is 17.5 Å². The van der Waals surface area contributed by atoms with Gasteiger partial charge in [0.05, 0.1) is 24.4 Å². The minimum Gasteiger partial charge on any atom is -0.382 e. The van der Waals surface area contributed by atoms with Crippen LogP contribution in [0.15, 0.2) is 48.5 Å². The second-order valence-electron chi connectivity index (χ2n) is 8.07. The first-order valence-electron chi connectivity index (χ1n) is 11.0. The summed E-state index contributed by atoms with van der Waals surface area (Å²) in [4.78, 5) is 11.2. The lowest BCUT2D eigenvalue weighted by Gasteiger charge is -2.28. The van der Waals surface area contributed by atoms with Gasteiger partial charge in [0.25, 0.3) is 0 Å². The molecule has 5 N–H and O–H groups in total. The number of morpholine rings is 1. The molecule has 0 saturated carbocycles. The van der Waals surface area contributed by atoms with Gasteiger partial charge >= 0.3 is 0 Å². The number of benzene rings is 2. The summed E-state index contributed by atoms with van der Waals surface area (Å²) in [6.07, 6.45) is 2.91. The third-order valence-electron chi connectivity index (χ3n) is 5.89. The van der Waals surface area contributed by atoms with Gasteiger partial charge in [-0.15, -0.1) is 0 Å². The van der Waals surface area contributed by atoms with Crippen molar-refractivity contribution in [2.24, 2.45) is 0 Å². The molecule has 0 aliphatic carbocycles. The Bertz CT molecular complexity index is 1220. The van der Waals surface area contributed by atoms with E-state index in [1.165, 1.54) is 5.56 Å². The van der Waals surface area contributed by atoms with Crippen LogP contribution in [0, 0.1) is 0 Å². The number of nitrogens with two attached hydrogens (primary N) is 2. The highest BCUT2D eigenvalue weighted by Gasteiger charge is 2.17. The SMILES string of the molecule is Nc1nc(-c2cc(CCCc3ccccc3)c3c(N)n[nH]c3c2)cc(N2CCOCC2)n1. The van der Waals surface area contributed by atoms with E-state index >= 15 is 0 Å². The summed E-state index contributed by atoms with van der Waals surface area (Å²) in [5.41, 5.74) is 17.4. The lowest BCUT2D eigenvalue weighted by Crippen LogP contribution is -2.36. The quantitative estimate of drug-likeness (QED) is 0.431. The maximum absolute atomic E-state index is 6.19. The summed E-state index contributed by atoms with van der Waals surface area (Å²) in [6, 6.07) is 16.7. The smallest absolute Gasteiger partial charge is 0.222 e. The van der Waals surface area contributed by atoms with Gasteiger partial charge < -0.3 is 21.1 Å². The topological polar surface area (TPSA) is 119 Å². The van der Waals surface area contributed by atoms with Crippen molar-refractivity contribution in [2.45, 2.75) is 19.3 Å². The average molecular weight is 430 g/mol. The zero-order valence-electron chi connectivity index (χ0n) is 17.9. The van der Waals surface area contributed by atoms with E-state index in [1.807, 2.05) is 18.2 Å². The molecule has 1 aliphatic heterocycles. The number of nitrogens with one attached hydrogen (secondary N) is 1. The summed E-state index contributed by atoms with van der Waals surface area (Å²) < 4.78 is 5.46. The van der Waals surface area contributed by atoms with Gasteiger partial charge in [-0.1, -0.05) is 30.3 Å². The van der Waals surface area contributed by atoms with E-state index in [4.69, 9.17) is 16.2 Å². The van der Waals surface area contributed by atoms with E-state index in [1.54, 1.807) is 0 Å². The van der Waals surface area contributed by atoms with Crippen LogP contribution in [0.5, 0.6) is 0 Å². The molecule has 0 spiro atoms. The summed E-state index contributed by atoms with van der Waals surface area (Å²) in [7, 11) is 0. The molecule has 0 amide bonds. The highest BCUT2D eigenvalue weighted by atomic mass is 16.5. The van der Waals surface area contributed by atoms with Gasteiger partial charge in [0.2, 0.25) is 5.95 Å². The summed E-state index contributed by atoms with van der Waals surface area (Å²) in [6.45, 7) is 2.95. The van der Waals surface area contributed by atoms with Crippen molar-refractivity contribution in [1.29, 1.82) is 0 Å². The monoisotopic (exact) mass is 429 g/mol. The Kier molecular flexibility index (Phi) is 5.60. The van der Waals surface area contributed by atoms with Crippen LogP contribution in [0.25, 0.3) is 22.2 Å². The number of ether oxygens (including phenoxy) is 1. The van der Waals surface area contributed by atoms with Crippen molar-refractivity contribution in [3.8, 4) is 11.3 Å². The number of nitrogens with zero attached hydrogens (tertiary/aromatic N) is 4. The van der Waals surface area contributed by atoms with Crippen LogP contribution in [0.4, 0.5) is 17.6 Å². The van der Waals surface area contributed by atoms with Gasteiger partial charge in [0.15, 0.2) is 5.82 Å². The van der Waals surface area contributed by atoms with Gasteiger partial charge in [-0.2, -0.15) is 10.1 Å². The largest absolute Gasteiger partial charge is 0.382 e. The van der Waals surface area contributed by atoms with Crippen molar-refractivity contribution in [2.75, 3.05) is 42.7 Å². The Hall–Kier alpha value is -3.65. The van der Waals surface area contributed by atoms with Crippen molar-refractivity contribution < 1.29 is 4.74 Å². The second-order valence-corrected chi connectivity index (χ2v) is 8.07. The molecule has 32 heavy (non-hydrogen) atoms. The molecule has 2 aromatic heterocycles. The Morgan fingerprint density at radius 3 is 2.59 bits per heavy atom. The van der Waals surface area contributed by atoms with Gasteiger partial charge in [-0.05, 0) is 42.5 Å². The maximum Gasteiger partial charge on any atom is 0.222 e. The molecule has 0 unspecified atom stereocenters. The minimum absolute atomic E-state index is 0.263. The van der Waals surface area contributed by atoms with Crippen LogP contribution in [-0.4, -0.2) is 46.5 Å². The second kappa shape index (κ2) is 8.84. The molecule has 5 rings (SSSR count). The zero-order chi connectivity index (χ0) is 21.9.